The van der Waals surface area contributed by atoms with E-state index in [9.17, 15) is 0 Å². The van der Waals surface area contributed by atoms with Gasteiger partial charge in [0, 0.05) is 4.47 Å². The number of aromatic nitrogens is 2. The third-order valence-corrected chi connectivity index (χ3v) is 2.99. The molecule has 2 aromatic rings. The van der Waals surface area contributed by atoms with Crippen LogP contribution in [0, 0.1) is 6.92 Å². The lowest BCUT2D eigenvalue weighted by molar-refractivity contribution is 1.15. The van der Waals surface area contributed by atoms with Gasteiger partial charge in [0.25, 0.3) is 0 Å². The SMILES string of the molecule is Cc1nc2cc(Br)ccc2nc1Br. The normalized spacial score (nSPS) is 10.7. The van der Waals surface area contributed by atoms with E-state index < -0.39 is 0 Å². The smallest absolute Gasteiger partial charge is 0.128 e. The number of fused-ring (bicyclic) bond motifs is 1. The van der Waals surface area contributed by atoms with Crippen LogP contribution in [0.1, 0.15) is 5.69 Å². The van der Waals surface area contributed by atoms with Crippen molar-refractivity contribution < 1.29 is 0 Å². The highest BCUT2D eigenvalue weighted by molar-refractivity contribution is 9.10. The van der Waals surface area contributed by atoms with Crippen LogP contribution in [0.4, 0.5) is 0 Å². The molecule has 0 atom stereocenters. The summed E-state index contributed by atoms with van der Waals surface area (Å²) in [5.74, 6) is 0. The third-order valence-electron chi connectivity index (χ3n) is 1.74. The van der Waals surface area contributed by atoms with E-state index in [1.165, 1.54) is 0 Å². The predicted molar refractivity (Wildman–Crippen MR) is 59.7 cm³/mol. The third kappa shape index (κ3) is 1.74. The lowest BCUT2D eigenvalue weighted by Crippen LogP contribution is -1.89. The zero-order valence-corrected chi connectivity index (χ0v) is 10.1. The molecule has 0 radical (unpaired) electrons. The molecule has 0 saturated carbocycles. The second kappa shape index (κ2) is 3.35. The van der Waals surface area contributed by atoms with Crippen molar-refractivity contribution in [1.29, 1.82) is 0 Å². The molecule has 0 fully saturated rings. The molecule has 4 heteroatoms. The van der Waals surface area contributed by atoms with Crippen molar-refractivity contribution in [2.75, 3.05) is 0 Å². The van der Waals surface area contributed by atoms with Gasteiger partial charge in [-0.05, 0) is 41.1 Å². The van der Waals surface area contributed by atoms with Crippen molar-refractivity contribution in [3.63, 3.8) is 0 Å². The number of benzene rings is 1. The first kappa shape index (κ1) is 9.09. The summed E-state index contributed by atoms with van der Waals surface area (Å²) in [7, 11) is 0. The lowest BCUT2D eigenvalue weighted by atomic mass is 10.3. The van der Waals surface area contributed by atoms with Gasteiger partial charge in [0.15, 0.2) is 0 Å². The van der Waals surface area contributed by atoms with Crippen LogP contribution in [0.15, 0.2) is 27.3 Å². The maximum absolute atomic E-state index is 4.40. The van der Waals surface area contributed by atoms with Crippen molar-refractivity contribution in [3.8, 4) is 0 Å². The highest BCUT2D eigenvalue weighted by atomic mass is 79.9. The Balaban J connectivity index is 2.81. The van der Waals surface area contributed by atoms with Crippen LogP contribution in [0.3, 0.4) is 0 Å². The van der Waals surface area contributed by atoms with Gasteiger partial charge in [0.05, 0.1) is 16.7 Å². The van der Waals surface area contributed by atoms with Crippen LogP contribution in [0.25, 0.3) is 11.0 Å². The van der Waals surface area contributed by atoms with Gasteiger partial charge < -0.3 is 0 Å². The molecule has 1 aromatic heterocycles. The summed E-state index contributed by atoms with van der Waals surface area (Å²) in [5, 5.41) is 0. The van der Waals surface area contributed by atoms with Gasteiger partial charge in [-0.25, -0.2) is 9.97 Å². The molecule has 0 bridgehead atoms. The van der Waals surface area contributed by atoms with E-state index in [0.717, 1.165) is 25.8 Å². The van der Waals surface area contributed by atoms with E-state index in [1.54, 1.807) is 0 Å². The minimum Gasteiger partial charge on any atom is -0.249 e. The molecule has 0 aliphatic rings. The monoisotopic (exact) mass is 300 g/mol. The van der Waals surface area contributed by atoms with Crippen molar-refractivity contribution in [3.05, 3.63) is 33.0 Å². The Kier molecular flexibility index (Phi) is 2.34. The van der Waals surface area contributed by atoms with Crippen molar-refractivity contribution in [2.45, 2.75) is 6.92 Å². The molecule has 0 spiro atoms. The van der Waals surface area contributed by atoms with E-state index in [2.05, 4.69) is 41.8 Å². The minimum absolute atomic E-state index is 0.808. The molecule has 1 heterocycles. The fraction of sp³-hybridized carbons (Fsp3) is 0.111. The quantitative estimate of drug-likeness (QED) is 0.745. The Bertz CT molecular complexity index is 468. The molecule has 0 saturated heterocycles. The molecule has 0 amide bonds. The first-order valence-corrected chi connectivity index (χ1v) is 5.35. The Hall–Kier alpha value is -0.480. The summed E-state index contributed by atoms with van der Waals surface area (Å²) in [6, 6.07) is 5.86. The zero-order valence-electron chi connectivity index (χ0n) is 6.88. The van der Waals surface area contributed by atoms with Crippen LogP contribution < -0.4 is 0 Å². The molecule has 2 rings (SSSR count). The lowest BCUT2D eigenvalue weighted by Gasteiger charge is -2.00. The summed E-state index contributed by atoms with van der Waals surface area (Å²) in [4.78, 5) is 8.75. The summed E-state index contributed by atoms with van der Waals surface area (Å²) < 4.78 is 1.83. The molecule has 1 aromatic carbocycles. The fourth-order valence-corrected chi connectivity index (χ4v) is 1.72. The van der Waals surface area contributed by atoms with E-state index in [1.807, 2.05) is 25.1 Å². The van der Waals surface area contributed by atoms with Gasteiger partial charge in [-0.1, -0.05) is 15.9 Å². The molecular weight excluding hydrogens is 296 g/mol. The summed E-state index contributed by atoms with van der Waals surface area (Å²) in [6.45, 7) is 1.93. The largest absolute Gasteiger partial charge is 0.249 e. The van der Waals surface area contributed by atoms with Gasteiger partial charge in [-0.15, -0.1) is 0 Å². The van der Waals surface area contributed by atoms with E-state index in [-0.39, 0.29) is 0 Å². The van der Waals surface area contributed by atoms with Crippen molar-refractivity contribution >= 4 is 42.9 Å². The number of aryl methyl sites for hydroxylation is 1. The maximum Gasteiger partial charge on any atom is 0.128 e. The standard InChI is InChI=1S/C9H6Br2N2/c1-5-9(11)13-7-3-2-6(10)4-8(7)12-5/h2-4H,1H3. The number of nitrogens with zero attached hydrogens (tertiary/aromatic N) is 2. The van der Waals surface area contributed by atoms with Crippen LogP contribution >= 0.6 is 31.9 Å². The Morgan fingerprint density at radius 3 is 2.62 bits per heavy atom. The van der Waals surface area contributed by atoms with Crippen LogP contribution in [0.5, 0.6) is 0 Å². The van der Waals surface area contributed by atoms with Gasteiger partial charge in [-0.2, -0.15) is 0 Å². The van der Waals surface area contributed by atoms with Gasteiger partial charge in [0.2, 0.25) is 0 Å². The summed E-state index contributed by atoms with van der Waals surface area (Å²) >= 11 is 6.75. The van der Waals surface area contributed by atoms with Gasteiger partial charge in [-0.3, -0.25) is 0 Å². The van der Waals surface area contributed by atoms with Crippen molar-refractivity contribution in [2.24, 2.45) is 0 Å². The number of rotatable bonds is 0. The first-order valence-electron chi connectivity index (χ1n) is 3.76. The van der Waals surface area contributed by atoms with E-state index >= 15 is 0 Å². The Morgan fingerprint density at radius 2 is 1.85 bits per heavy atom. The molecule has 2 nitrogen and oxygen atoms in total. The molecule has 0 N–H and O–H groups in total. The minimum atomic E-state index is 0.808. The number of hydrogen-bond donors (Lipinski definition) is 0. The maximum atomic E-state index is 4.40. The average Bonchev–Trinajstić information content (AvgIpc) is 2.08. The summed E-state index contributed by atoms with van der Waals surface area (Å²) in [6.07, 6.45) is 0. The van der Waals surface area contributed by atoms with Crippen LogP contribution in [-0.4, -0.2) is 9.97 Å². The van der Waals surface area contributed by atoms with Crippen LogP contribution in [0.2, 0.25) is 0 Å². The summed E-state index contributed by atoms with van der Waals surface area (Å²) in [5.41, 5.74) is 2.72. The van der Waals surface area contributed by atoms with Crippen molar-refractivity contribution in [1.82, 2.24) is 9.97 Å². The second-order valence-corrected chi connectivity index (χ2v) is 4.40. The number of halogens is 2. The molecule has 66 valence electrons. The zero-order chi connectivity index (χ0) is 9.42. The van der Waals surface area contributed by atoms with Crippen LogP contribution in [-0.2, 0) is 0 Å². The Morgan fingerprint density at radius 1 is 1.08 bits per heavy atom. The predicted octanol–water partition coefficient (Wildman–Crippen LogP) is 3.46. The molecular formula is C9H6Br2N2. The first-order chi connectivity index (χ1) is 6.16. The van der Waals surface area contributed by atoms with Gasteiger partial charge >= 0.3 is 0 Å². The van der Waals surface area contributed by atoms with E-state index in [4.69, 9.17) is 0 Å². The topological polar surface area (TPSA) is 25.8 Å². The Labute approximate surface area is 92.7 Å². The van der Waals surface area contributed by atoms with E-state index in [0.29, 0.717) is 0 Å². The van der Waals surface area contributed by atoms with Gasteiger partial charge in [0.1, 0.15) is 4.60 Å². The fourth-order valence-electron chi connectivity index (χ4n) is 1.09. The highest BCUT2D eigenvalue weighted by Crippen LogP contribution is 2.20. The highest BCUT2D eigenvalue weighted by Gasteiger charge is 2.01. The second-order valence-electron chi connectivity index (χ2n) is 2.73. The average molecular weight is 302 g/mol. The molecule has 13 heavy (non-hydrogen) atoms. The number of hydrogen-bond acceptors (Lipinski definition) is 2. The molecule has 0 unspecified atom stereocenters. The molecule has 0 aliphatic carbocycles. The molecule has 0 aliphatic heterocycles.